The van der Waals surface area contributed by atoms with Crippen LogP contribution in [0.2, 0.25) is 0 Å². The van der Waals surface area contributed by atoms with Gasteiger partial charge in [-0.2, -0.15) is 0 Å². The molecule has 1 aliphatic carbocycles. The zero-order chi connectivity index (χ0) is 13.2. The Labute approximate surface area is 114 Å². The number of rotatable bonds is 4. The van der Waals surface area contributed by atoms with Crippen LogP contribution in [-0.2, 0) is 0 Å². The molecule has 3 rings (SSSR count). The van der Waals surface area contributed by atoms with Crippen molar-refractivity contribution in [3.63, 3.8) is 0 Å². The van der Waals surface area contributed by atoms with Crippen molar-refractivity contribution in [2.75, 3.05) is 19.7 Å². The van der Waals surface area contributed by atoms with Crippen molar-refractivity contribution in [2.24, 2.45) is 5.92 Å². The third-order valence-corrected chi connectivity index (χ3v) is 4.28. The van der Waals surface area contributed by atoms with Gasteiger partial charge in [0, 0.05) is 31.9 Å². The highest BCUT2D eigenvalue weighted by Crippen LogP contribution is 2.36. The number of carbonyl (C=O) groups is 1. The first-order valence-electron chi connectivity index (χ1n) is 7.36. The lowest BCUT2D eigenvalue weighted by molar-refractivity contribution is 0.0642. The third kappa shape index (κ3) is 2.68. The first-order chi connectivity index (χ1) is 9.29. The summed E-state index contributed by atoms with van der Waals surface area (Å²) in [6, 6.07) is 4.46. The van der Waals surface area contributed by atoms with Crippen LogP contribution in [0.25, 0.3) is 0 Å². The molecule has 0 aromatic carbocycles. The summed E-state index contributed by atoms with van der Waals surface area (Å²) < 4.78 is 2.14. The van der Waals surface area contributed by atoms with Gasteiger partial charge in [-0.15, -0.1) is 0 Å². The lowest BCUT2D eigenvalue weighted by Gasteiger charge is -2.32. The number of aliphatic hydroxyl groups excluding tert-OH is 1. The van der Waals surface area contributed by atoms with E-state index in [0.717, 1.165) is 38.0 Å². The fourth-order valence-corrected chi connectivity index (χ4v) is 3.08. The molecule has 1 unspecified atom stereocenters. The smallest absolute Gasteiger partial charge is 0.270 e. The number of aromatic nitrogens is 1. The van der Waals surface area contributed by atoms with Gasteiger partial charge in [0.15, 0.2) is 0 Å². The van der Waals surface area contributed by atoms with Gasteiger partial charge in [-0.3, -0.25) is 4.79 Å². The summed E-state index contributed by atoms with van der Waals surface area (Å²) >= 11 is 0. The van der Waals surface area contributed by atoms with E-state index in [1.165, 1.54) is 12.8 Å². The van der Waals surface area contributed by atoms with Crippen LogP contribution in [0.4, 0.5) is 0 Å². The predicted molar refractivity (Wildman–Crippen MR) is 73.0 cm³/mol. The minimum Gasteiger partial charge on any atom is -0.396 e. The minimum atomic E-state index is 0.166. The molecule has 1 atom stereocenters. The normalized spacial score (nSPS) is 23.6. The number of nitrogens with zero attached hydrogens (tertiary/aromatic N) is 2. The molecule has 4 nitrogen and oxygen atoms in total. The second-order valence-electron chi connectivity index (χ2n) is 5.80. The lowest BCUT2D eigenvalue weighted by Crippen LogP contribution is -2.40. The van der Waals surface area contributed by atoms with E-state index in [-0.39, 0.29) is 12.5 Å². The van der Waals surface area contributed by atoms with Crippen molar-refractivity contribution >= 4 is 5.91 Å². The highest BCUT2D eigenvalue weighted by molar-refractivity contribution is 5.93. The minimum absolute atomic E-state index is 0.166. The topological polar surface area (TPSA) is 45.5 Å². The van der Waals surface area contributed by atoms with Crippen molar-refractivity contribution in [2.45, 2.75) is 38.1 Å². The first kappa shape index (κ1) is 12.7. The SMILES string of the molecule is O=C(c1cccn1C1CC1)N1CCCC(CCO)C1. The Balaban J connectivity index is 1.70. The molecule has 1 aliphatic heterocycles. The van der Waals surface area contributed by atoms with E-state index in [0.29, 0.717) is 12.0 Å². The molecular weight excluding hydrogens is 240 g/mol. The highest BCUT2D eigenvalue weighted by atomic mass is 16.3. The van der Waals surface area contributed by atoms with Crippen molar-refractivity contribution in [3.8, 4) is 0 Å². The van der Waals surface area contributed by atoms with Crippen LogP contribution in [-0.4, -0.2) is 40.2 Å². The molecule has 104 valence electrons. The Morgan fingerprint density at radius 3 is 2.95 bits per heavy atom. The van der Waals surface area contributed by atoms with Crippen LogP contribution >= 0.6 is 0 Å². The first-order valence-corrected chi connectivity index (χ1v) is 7.36. The van der Waals surface area contributed by atoms with Crippen molar-refractivity contribution in [1.29, 1.82) is 0 Å². The molecule has 1 saturated heterocycles. The van der Waals surface area contributed by atoms with Gasteiger partial charge in [-0.05, 0) is 50.2 Å². The summed E-state index contributed by atoms with van der Waals surface area (Å²) in [5, 5.41) is 9.04. The average molecular weight is 262 g/mol. The molecule has 1 aromatic rings. The van der Waals surface area contributed by atoms with Gasteiger partial charge in [0.05, 0.1) is 0 Å². The quantitative estimate of drug-likeness (QED) is 0.902. The van der Waals surface area contributed by atoms with Crippen molar-refractivity contribution in [1.82, 2.24) is 9.47 Å². The lowest BCUT2D eigenvalue weighted by atomic mass is 9.95. The monoisotopic (exact) mass is 262 g/mol. The molecule has 19 heavy (non-hydrogen) atoms. The summed E-state index contributed by atoms with van der Waals surface area (Å²) in [5.41, 5.74) is 0.840. The predicted octanol–water partition coefficient (Wildman–Crippen LogP) is 2.06. The maximum absolute atomic E-state index is 12.6. The number of piperidine rings is 1. The van der Waals surface area contributed by atoms with Crippen LogP contribution in [0.3, 0.4) is 0 Å². The molecule has 1 saturated carbocycles. The molecule has 2 aliphatic rings. The molecule has 2 heterocycles. The fraction of sp³-hybridized carbons (Fsp3) is 0.667. The van der Waals surface area contributed by atoms with Gasteiger partial charge in [0.2, 0.25) is 0 Å². The van der Waals surface area contributed by atoms with Gasteiger partial charge in [-0.25, -0.2) is 0 Å². The second-order valence-corrected chi connectivity index (χ2v) is 5.80. The Bertz CT molecular complexity index is 449. The van der Waals surface area contributed by atoms with E-state index in [2.05, 4.69) is 4.57 Å². The number of carbonyl (C=O) groups excluding carboxylic acids is 1. The van der Waals surface area contributed by atoms with Gasteiger partial charge in [-0.1, -0.05) is 0 Å². The van der Waals surface area contributed by atoms with Gasteiger partial charge in [0.1, 0.15) is 5.69 Å². The molecule has 0 radical (unpaired) electrons. The van der Waals surface area contributed by atoms with Gasteiger partial charge < -0.3 is 14.6 Å². The summed E-state index contributed by atoms with van der Waals surface area (Å²) in [4.78, 5) is 14.6. The maximum Gasteiger partial charge on any atom is 0.270 e. The van der Waals surface area contributed by atoms with E-state index >= 15 is 0 Å². The standard InChI is InChI=1S/C15H22N2O2/c18-10-7-12-3-1-8-16(11-12)15(19)14-4-2-9-17(14)13-5-6-13/h2,4,9,12-13,18H,1,3,5-8,10-11H2. The zero-order valence-electron chi connectivity index (χ0n) is 11.3. The maximum atomic E-state index is 12.6. The van der Waals surface area contributed by atoms with Gasteiger partial charge >= 0.3 is 0 Å². The van der Waals surface area contributed by atoms with Crippen molar-refractivity contribution < 1.29 is 9.90 Å². The number of hydrogen-bond acceptors (Lipinski definition) is 2. The second kappa shape index (κ2) is 5.37. The molecule has 2 fully saturated rings. The van der Waals surface area contributed by atoms with E-state index in [1.807, 2.05) is 23.2 Å². The molecule has 1 aromatic heterocycles. The number of likely N-dealkylation sites (tertiary alicyclic amines) is 1. The van der Waals surface area contributed by atoms with Gasteiger partial charge in [0.25, 0.3) is 5.91 Å². The summed E-state index contributed by atoms with van der Waals surface area (Å²) in [6.07, 6.45) is 7.42. The Morgan fingerprint density at radius 2 is 2.21 bits per heavy atom. The van der Waals surface area contributed by atoms with E-state index in [9.17, 15) is 4.79 Å². The highest BCUT2D eigenvalue weighted by Gasteiger charge is 2.30. The number of aliphatic hydroxyl groups is 1. The summed E-state index contributed by atoms with van der Waals surface area (Å²) in [5.74, 6) is 0.631. The molecule has 1 amide bonds. The van der Waals surface area contributed by atoms with Crippen LogP contribution in [0.1, 0.15) is 48.6 Å². The molecule has 4 heteroatoms. The van der Waals surface area contributed by atoms with E-state index < -0.39 is 0 Å². The van der Waals surface area contributed by atoms with E-state index in [4.69, 9.17) is 5.11 Å². The average Bonchev–Trinajstić information content (AvgIpc) is 3.16. The molecule has 0 spiro atoms. The van der Waals surface area contributed by atoms with Crippen LogP contribution < -0.4 is 0 Å². The Morgan fingerprint density at radius 1 is 1.37 bits per heavy atom. The van der Waals surface area contributed by atoms with Crippen molar-refractivity contribution in [3.05, 3.63) is 24.0 Å². The summed E-state index contributed by atoms with van der Waals surface area (Å²) in [7, 11) is 0. The summed E-state index contributed by atoms with van der Waals surface area (Å²) in [6.45, 7) is 1.89. The molecule has 0 bridgehead atoms. The fourth-order valence-electron chi connectivity index (χ4n) is 3.08. The van der Waals surface area contributed by atoms with Crippen LogP contribution in [0.5, 0.6) is 0 Å². The number of amides is 1. The number of hydrogen-bond donors (Lipinski definition) is 1. The third-order valence-electron chi connectivity index (χ3n) is 4.28. The Kier molecular flexibility index (Phi) is 3.60. The zero-order valence-corrected chi connectivity index (χ0v) is 11.3. The largest absolute Gasteiger partial charge is 0.396 e. The van der Waals surface area contributed by atoms with E-state index in [1.54, 1.807) is 0 Å². The van der Waals surface area contributed by atoms with Crippen LogP contribution in [0, 0.1) is 5.92 Å². The molecular formula is C15H22N2O2. The van der Waals surface area contributed by atoms with Crippen LogP contribution in [0.15, 0.2) is 18.3 Å². The molecule has 1 N–H and O–H groups in total. The Hall–Kier alpha value is -1.29.